The molecule has 0 saturated carbocycles. The molecule has 1 amide bonds. The first kappa shape index (κ1) is 12.4. The number of carbonyl (C=O) groups is 1. The third-order valence-corrected chi connectivity index (χ3v) is 3.51. The van der Waals surface area contributed by atoms with E-state index in [4.69, 9.17) is 15.2 Å². The molecule has 0 aliphatic rings. The molecule has 0 aliphatic carbocycles. The molecule has 2 rings (SSSR count). The molecule has 1 heterocycles. The van der Waals surface area contributed by atoms with E-state index in [0.29, 0.717) is 16.4 Å². The Morgan fingerprint density at radius 3 is 2.50 bits per heavy atom. The predicted octanol–water partition coefficient (Wildman–Crippen LogP) is 2.53. The van der Waals surface area contributed by atoms with Gasteiger partial charge in [0, 0.05) is 5.56 Å². The van der Waals surface area contributed by atoms with E-state index < -0.39 is 5.91 Å². The van der Waals surface area contributed by atoms with Crippen LogP contribution in [0.5, 0.6) is 11.5 Å². The van der Waals surface area contributed by atoms with Crippen LogP contribution in [0.25, 0.3) is 11.1 Å². The summed E-state index contributed by atoms with van der Waals surface area (Å²) in [6, 6.07) is 7.37. The second-order valence-corrected chi connectivity index (χ2v) is 4.51. The van der Waals surface area contributed by atoms with Crippen molar-refractivity contribution in [1.29, 1.82) is 0 Å². The summed E-state index contributed by atoms with van der Waals surface area (Å²) < 4.78 is 10.4. The van der Waals surface area contributed by atoms with Gasteiger partial charge in [-0.2, -0.15) is 0 Å². The van der Waals surface area contributed by atoms with E-state index >= 15 is 0 Å². The average molecular weight is 263 g/mol. The maximum atomic E-state index is 11.3. The van der Waals surface area contributed by atoms with Gasteiger partial charge in [-0.25, -0.2) is 0 Å². The van der Waals surface area contributed by atoms with E-state index in [9.17, 15) is 4.79 Å². The zero-order valence-corrected chi connectivity index (χ0v) is 10.9. The van der Waals surface area contributed by atoms with Gasteiger partial charge in [-0.05, 0) is 29.1 Å². The lowest BCUT2D eigenvalue weighted by atomic mass is 10.1. The quantitative estimate of drug-likeness (QED) is 0.922. The molecule has 0 radical (unpaired) electrons. The van der Waals surface area contributed by atoms with Gasteiger partial charge in [-0.3, -0.25) is 4.79 Å². The summed E-state index contributed by atoms with van der Waals surface area (Å²) in [6.45, 7) is 0. The molecular formula is C13H13NO3S. The summed E-state index contributed by atoms with van der Waals surface area (Å²) >= 11 is 1.33. The fourth-order valence-electron chi connectivity index (χ4n) is 1.73. The highest BCUT2D eigenvalue weighted by molar-refractivity contribution is 7.12. The van der Waals surface area contributed by atoms with Gasteiger partial charge in [0.15, 0.2) is 11.5 Å². The monoisotopic (exact) mass is 263 g/mol. The number of methoxy groups -OCH3 is 2. The van der Waals surface area contributed by atoms with E-state index in [1.54, 1.807) is 20.3 Å². The molecule has 2 N–H and O–H groups in total. The Kier molecular flexibility index (Phi) is 3.53. The Hall–Kier alpha value is -2.01. The van der Waals surface area contributed by atoms with Gasteiger partial charge < -0.3 is 15.2 Å². The Morgan fingerprint density at radius 1 is 1.17 bits per heavy atom. The molecule has 2 aromatic rings. The van der Waals surface area contributed by atoms with Crippen molar-refractivity contribution in [2.24, 2.45) is 5.73 Å². The van der Waals surface area contributed by atoms with Crippen LogP contribution in [-0.2, 0) is 0 Å². The third kappa shape index (κ3) is 2.17. The molecule has 0 aliphatic heterocycles. The summed E-state index contributed by atoms with van der Waals surface area (Å²) in [5.74, 6) is 0.850. The van der Waals surface area contributed by atoms with Crippen molar-refractivity contribution in [2.45, 2.75) is 0 Å². The van der Waals surface area contributed by atoms with E-state index in [-0.39, 0.29) is 0 Å². The number of hydrogen-bond acceptors (Lipinski definition) is 4. The Bertz CT molecular complexity index is 577. The first-order chi connectivity index (χ1) is 8.67. The maximum absolute atomic E-state index is 11.3. The third-order valence-electron chi connectivity index (χ3n) is 2.58. The van der Waals surface area contributed by atoms with Crippen LogP contribution in [0.2, 0.25) is 0 Å². The van der Waals surface area contributed by atoms with Crippen LogP contribution < -0.4 is 15.2 Å². The zero-order chi connectivity index (χ0) is 13.1. The van der Waals surface area contributed by atoms with E-state index in [2.05, 4.69) is 0 Å². The molecule has 4 nitrogen and oxygen atoms in total. The highest BCUT2D eigenvalue weighted by atomic mass is 32.1. The number of thiophene rings is 1. The average Bonchev–Trinajstić information content (AvgIpc) is 2.87. The van der Waals surface area contributed by atoms with Gasteiger partial charge in [0.25, 0.3) is 5.91 Å². The van der Waals surface area contributed by atoms with Crippen LogP contribution in [0, 0.1) is 0 Å². The van der Waals surface area contributed by atoms with Crippen molar-refractivity contribution < 1.29 is 14.3 Å². The first-order valence-electron chi connectivity index (χ1n) is 5.27. The predicted molar refractivity (Wildman–Crippen MR) is 71.4 cm³/mol. The van der Waals surface area contributed by atoms with Gasteiger partial charge in [0.2, 0.25) is 0 Å². The van der Waals surface area contributed by atoms with E-state index in [1.807, 2.05) is 23.6 Å². The molecule has 0 unspecified atom stereocenters. The van der Waals surface area contributed by atoms with Crippen molar-refractivity contribution >= 4 is 17.2 Å². The Labute approximate surface area is 109 Å². The van der Waals surface area contributed by atoms with Gasteiger partial charge in [-0.1, -0.05) is 6.07 Å². The van der Waals surface area contributed by atoms with E-state index in [0.717, 1.165) is 11.1 Å². The summed E-state index contributed by atoms with van der Waals surface area (Å²) in [7, 11) is 3.15. The van der Waals surface area contributed by atoms with Gasteiger partial charge in [-0.15, -0.1) is 11.3 Å². The zero-order valence-electron chi connectivity index (χ0n) is 10.1. The van der Waals surface area contributed by atoms with Crippen LogP contribution in [-0.4, -0.2) is 20.1 Å². The molecule has 18 heavy (non-hydrogen) atoms. The number of primary amides is 1. The van der Waals surface area contributed by atoms with Crippen molar-refractivity contribution in [3.63, 3.8) is 0 Å². The van der Waals surface area contributed by atoms with Crippen LogP contribution >= 0.6 is 11.3 Å². The molecule has 0 atom stereocenters. The van der Waals surface area contributed by atoms with Gasteiger partial charge >= 0.3 is 0 Å². The number of hydrogen-bond donors (Lipinski definition) is 1. The largest absolute Gasteiger partial charge is 0.493 e. The first-order valence-corrected chi connectivity index (χ1v) is 6.15. The summed E-state index contributed by atoms with van der Waals surface area (Å²) in [5.41, 5.74) is 7.03. The fourth-order valence-corrected chi connectivity index (χ4v) is 2.50. The summed E-state index contributed by atoms with van der Waals surface area (Å²) in [4.78, 5) is 11.9. The van der Waals surface area contributed by atoms with Gasteiger partial charge in [0.05, 0.1) is 19.1 Å². The molecular weight excluding hydrogens is 250 g/mol. The number of nitrogens with two attached hydrogens (primary N) is 1. The molecule has 0 fully saturated rings. The molecule has 5 heteroatoms. The number of carbonyl (C=O) groups excluding carboxylic acids is 1. The summed E-state index contributed by atoms with van der Waals surface area (Å²) in [5, 5.41) is 1.84. The molecule has 0 saturated heterocycles. The Morgan fingerprint density at radius 2 is 1.89 bits per heavy atom. The van der Waals surface area contributed by atoms with Crippen molar-refractivity contribution in [3.05, 3.63) is 34.5 Å². The second kappa shape index (κ2) is 5.10. The van der Waals surface area contributed by atoms with Crippen molar-refractivity contribution in [1.82, 2.24) is 0 Å². The maximum Gasteiger partial charge on any atom is 0.259 e. The van der Waals surface area contributed by atoms with Crippen molar-refractivity contribution in [2.75, 3.05) is 14.2 Å². The minimum absolute atomic E-state index is 0.421. The summed E-state index contributed by atoms with van der Waals surface area (Å²) in [6.07, 6.45) is 0. The number of amides is 1. The lowest BCUT2D eigenvalue weighted by Crippen LogP contribution is -2.09. The number of benzene rings is 1. The lowest BCUT2D eigenvalue weighted by Gasteiger charge is -2.09. The number of ether oxygens (including phenoxy) is 2. The molecule has 0 bridgehead atoms. The molecule has 94 valence electrons. The minimum atomic E-state index is -0.421. The molecule has 1 aromatic carbocycles. The smallest absolute Gasteiger partial charge is 0.259 e. The normalized spacial score (nSPS) is 10.1. The Balaban J connectivity index is 2.51. The lowest BCUT2D eigenvalue weighted by molar-refractivity contribution is 0.100. The van der Waals surface area contributed by atoms with E-state index in [1.165, 1.54) is 11.3 Å². The minimum Gasteiger partial charge on any atom is -0.493 e. The standard InChI is InChI=1S/C13H13NO3S/c1-16-10-4-3-8(7-11(10)17-2)9-5-6-18-12(9)13(14)15/h3-7H,1-2H3,(H2,14,15). The van der Waals surface area contributed by atoms with Crippen LogP contribution in [0.1, 0.15) is 9.67 Å². The fraction of sp³-hybridized carbons (Fsp3) is 0.154. The SMILES string of the molecule is COc1ccc(-c2ccsc2C(N)=O)cc1OC. The molecule has 0 spiro atoms. The number of rotatable bonds is 4. The van der Waals surface area contributed by atoms with Crippen LogP contribution in [0.15, 0.2) is 29.6 Å². The topological polar surface area (TPSA) is 61.5 Å². The van der Waals surface area contributed by atoms with Gasteiger partial charge in [0.1, 0.15) is 0 Å². The molecule has 1 aromatic heterocycles. The van der Waals surface area contributed by atoms with Crippen LogP contribution in [0.4, 0.5) is 0 Å². The highest BCUT2D eigenvalue weighted by Crippen LogP contribution is 2.35. The second-order valence-electron chi connectivity index (χ2n) is 3.60. The van der Waals surface area contributed by atoms with Crippen molar-refractivity contribution in [3.8, 4) is 22.6 Å². The highest BCUT2D eigenvalue weighted by Gasteiger charge is 2.13. The van der Waals surface area contributed by atoms with Crippen LogP contribution in [0.3, 0.4) is 0 Å².